The maximum Gasteiger partial charge on any atom is 0.330 e. The number of nitrogens with zero attached hydrogens (tertiary/aromatic N) is 2. The quantitative estimate of drug-likeness (QED) is 0.457. The van der Waals surface area contributed by atoms with Crippen LogP contribution in [0.5, 0.6) is 5.88 Å². The highest BCUT2D eigenvalue weighted by molar-refractivity contribution is 9.10. The van der Waals surface area contributed by atoms with Gasteiger partial charge in [-0.1, -0.05) is 0 Å². The Bertz CT molecular complexity index is 935. The van der Waals surface area contributed by atoms with E-state index in [9.17, 15) is 14.1 Å². The molecule has 4 N–H and O–H groups in total. The van der Waals surface area contributed by atoms with Crippen molar-refractivity contribution >= 4 is 54.9 Å². The Kier molecular flexibility index (Phi) is 7.22. The number of aliphatic hydroxyl groups excluding tert-OH is 1. The van der Waals surface area contributed by atoms with Crippen LogP contribution in [-0.4, -0.2) is 49.6 Å². The van der Waals surface area contributed by atoms with E-state index in [4.69, 9.17) is 4.74 Å². The van der Waals surface area contributed by atoms with Gasteiger partial charge < -0.3 is 20.5 Å². The SMILES string of the molecule is C=S(C)(=O)NC(=O)Nc1ccc(Nc2ncc(Br)c(O[C@H](C)[C@@H](C)O)n2)cc1. The van der Waals surface area contributed by atoms with Gasteiger partial charge in [0, 0.05) is 27.3 Å². The molecule has 2 amide bonds. The van der Waals surface area contributed by atoms with Crippen molar-refractivity contribution in [2.24, 2.45) is 0 Å². The van der Waals surface area contributed by atoms with Gasteiger partial charge in [0.15, 0.2) is 0 Å². The number of carbonyl (C=O) groups excluding carboxylic acids is 1. The third-order valence-electron chi connectivity index (χ3n) is 3.40. The van der Waals surface area contributed by atoms with Crippen molar-refractivity contribution in [1.82, 2.24) is 14.7 Å². The average Bonchev–Trinajstić information content (AvgIpc) is 2.57. The third-order valence-corrected chi connectivity index (χ3v) is 4.56. The number of hydrogen-bond acceptors (Lipinski definition) is 7. The number of benzene rings is 1. The molecule has 28 heavy (non-hydrogen) atoms. The molecular weight excluding hydrogens is 450 g/mol. The summed E-state index contributed by atoms with van der Waals surface area (Å²) in [5.74, 6) is 3.96. The highest BCUT2D eigenvalue weighted by atomic mass is 79.9. The Balaban J connectivity index is 2.05. The number of rotatable bonds is 7. The Morgan fingerprint density at radius 2 is 1.89 bits per heavy atom. The van der Waals surface area contributed by atoms with E-state index in [1.54, 1.807) is 44.3 Å². The van der Waals surface area contributed by atoms with Crippen molar-refractivity contribution in [3.63, 3.8) is 0 Å². The summed E-state index contributed by atoms with van der Waals surface area (Å²) in [5.41, 5.74) is 1.19. The number of aliphatic hydroxyl groups is 1. The number of urea groups is 1. The maximum atomic E-state index is 11.7. The predicted molar refractivity (Wildman–Crippen MR) is 115 cm³/mol. The molecular formula is C17H22BrN5O4S. The number of carbonyl (C=O) groups is 1. The van der Waals surface area contributed by atoms with Crippen LogP contribution in [0.15, 0.2) is 34.9 Å². The van der Waals surface area contributed by atoms with E-state index in [1.807, 2.05) is 0 Å². The zero-order chi connectivity index (χ0) is 20.9. The zero-order valence-electron chi connectivity index (χ0n) is 15.6. The largest absolute Gasteiger partial charge is 0.471 e. The molecule has 0 spiro atoms. The second-order valence-electron chi connectivity index (χ2n) is 6.17. The molecule has 9 nitrogen and oxygen atoms in total. The fraction of sp³-hybridized carbons (Fsp3) is 0.294. The molecule has 0 aliphatic rings. The molecule has 2 aromatic rings. The van der Waals surface area contributed by atoms with E-state index in [0.717, 1.165) is 0 Å². The van der Waals surface area contributed by atoms with Gasteiger partial charge in [0.05, 0.1) is 16.8 Å². The van der Waals surface area contributed by atoms with Crippen LogP contribution in [-0.2, 0) is 9.71 Å². The summed E-state index contributed by atoms with van der Waals surface area (Å²) in [6.07, 6.45) is 1.78. The molecule has 3 atom stereocenters. The molecule has 0 saturated carbocycles. The second-order valence-corrected chi connectivity index (χ2v) is 9.24. The van der Waals surface area contributed by atoms with E-state index in [0.29, 0.717) is 27.7 Å². The van der Waals surface area contributed by atoms with Crippen molar-refractivity contribution in [3.8, 4) is 5.88 Å². The highest BCUT2D eigenvalue weighted by Crippen LogP contribution is 2.25. The molecule has 0 saturated heterocycles. The van der Waals surface area contributed by atoms with E-state index in [1.165, 1.54) is 6.26 Å². The molecule has 152 valence electrons. The fourth-order valence-corrected chi connectivity index (χ4v) is 2.62. The van der Waals surface area contributed by atoms with Gasteiger partial charge >= 0.3 is 6.03 Å². The minimum absolute atomic E-state index is 0.303. The molecule has 1 unspecified atom stereocenters. The minimum atomic E-state index is -2.64. The van der Waals surface area contributed by atoms with Crippen LogP contribution in [0.1, 0.15) is 13.8 Å². The van der Waals surface area contributed by atoms with Gasteiger partial charge in [-0.3, -0.25) is 4.72 Å². The number of anilines is 3. The highest BCUT2D eigenvalue weighted by Gasteiger charge is 2.15. The number of ether oxygens (including phenoxy) is 1. The second kappa shape index (κ2) is 9.22. The minimum Gasteiger partial charge on any atom is -0.471 e. The molecule has 0 fully saturated rings. The molecule has 0 aliphatic heterocycles. The summed E-state index contributed by atoms with van der Waals surface area (Å²) < 4.78 is 19.9. The number of aromatic nitrogens is 2. The van der Waals surface area contributed by atoms with Gasteiger partial charge in [0.2, 0.25) is 11.8 Å². The van der Waals surface area contributed by atoms with Crippen LogP contribution in [0.25, 0.3) is 0 Å². The summed E-state index contributed by atoms with van der Waals surface area (Å²) in [4.78, 5) is 20.1. The van der Waals surface area contributed by atoms with E-state index < -0.39 is 27.9 Å². The third kappa shape index (κ3) is 6.98. The molecule has 0 aliphatic carbocycles. The Labute approximate surface area is 172 Å². The predicted octanol–water partition coefficient (Wildman–Crippen LogP) is 2.51. The van der Waals surface area contributed by atoms with Crippen LogP contribution in [0.3, 0.4) is 0 Å². The lowest BCUT2D eigenvalue weighted by molar-refractivity contribution is 0.0569. The van der Waals surface area contributed by atoms with Crippen molar-refractivity contribution in [1.29, 1.82) is 0 Å². The first-order valence-electron chi connectivity index (χ1n) is 8.19. The van der Waals surface area contributed by atoms with Crippen LogP contribution in [0.4, 0.5) is 22.1 Å². The lowest BCUT2D eigenvalue weighted by Crippen LogP contribution is -2.33. The van der Waals surface area contributed by atoms with Gasteiger partial charge in [-0.05, 0) is 59.9 Å². The topological polar surface area (TPSA) is 125 Å². The van der Waals surface area contributed by atoms with Gasteiger partial charge in [-0.2, -0.15) is 4.98 Å². The zero-order valence-corrected chi connectivity index (χ0v) is 18.0. The number of amides is 2. The van der Waals surface area contributed by atoms with Crippen LogP contribution < -0.4 is 20.1 Å². The molecule has 0 bridgehead atoms. The maximum absolute atomic E-state index is 11.7. The average molecular weight is 472 g/mol. The molecule has 1 heterocycles. The summed E-state index contributed by atoms with van der Waals surface area (Å²) in [5, 5.41) is 15.2. The van der Waals surface area contributed by atoms with E-state index in [2.05, 4.69) is 47.1 Å². The first-order chi connectivity index (χ1) is 13.0. The van der Waals surface area contributed by atoms with Crippen molar-refractivity contribution in [3.05, 3.63) is 34.9 Å². The van der Waals surface area contributed by atoms with Crippen LogP contribution in [0.2, 0.25) is 0 Å². The molecule has 11 heteroatoms. The summed E-state index contributed by atoms with van der Waals surface area (Å²) in [6, 6.07) is 6.15. The number of nitrogens with one attached hydrogen (secondary N) is 3. The Morgan fingerprint density at radius 3 is 2.46 bits per heavy atom. The Hall–Kier alpha value is -2.37. The Morgan fingerprint density at radius 1 is 1.29 bits per heavy atom. The lowest BCUT2D eigenvalue weighted by atomic mass is 10.3. The van der Waals surface area contributed by atoms with Gasteiger partial charge in [0.1, 0.15) is 6.10 Å². The lowest BCUT2D eigenvalue weighted by Gasteiger charge is -2.17. The molecule has 1 aromatic carbocycles. The number of hydrogen-bond donors (Lipinski definition) is 4. The van der Waals surface area contributed by atoms with Crippen molar-refractivity contribution < 1.29 is 18.8 Å². The van der Waals surface area contributed by atoms with E-state index >= 15 is 0 Å². The standard InChI is InChI=1S/C17H22BrN5O4S/c1-10(24)11(2)27-15-14(18)9-19-16(22-15)20-12-5-7-13(8-6-12)21-17(25)23-28(3,4)26/h5-11,24H,3H2,1-2,4H3,(H,19,20,22)(H2,21,23,25,26)/t10-,11-,28?/m1/s1. The molecule has 1 aromatic heterocycles. The van der Waals surface area contributed by atoms with Crippen molar-refractivity contribution in [2.75, 3.05) is 16.9 Å². The monoisotopic (exact) mass is 471 g/mol. The fourth-order valence-electron chi connectivity index (χ4n) is 1.89. The normalized spacial score (nSPS) is 15.0. The van der Waals surface area contributed by atoms with Gasteiger partial charge in [0.25, 0.3) is 0 Å². The molecule has 2 rings (SSSR count). The van der Waals surface area contributed by atoms with Gasteiger partial charge in [-0.25, -0.2) is 14.0 Å². The first kappa shape index (κ1) is 21.9. The van der Waals surface area contributed by atoms with Crippen LogP contribution in [0, 0.1) is 0 Å². The first-order valence-corrected chi connectivity index (χ1v) is 11.1. The van der Waals surface area contributed by atoms with Crippen LogP contribution >= 0.6 is 15.9 Å². The summed E-state index contributed by atoms with van der Waals surface area (Å²) in [7, 11) is -2.64. The summed E-state index contributed by atoms with van der Waals surface area (Å²) >= 11 is 3.32. The molecule has 0 radical (unpaired) electrons. The van der Waals surface area contributed by atoms with Gasteiger partial charge in [-0.15, -0.1) is 0 Å². The summed E-state index contributed by atoms with van der Waals surface area (Å²) in [6.45, 7) is 3.37. The smallest absolute Gasteiger partial charge is 0.330 e. The van der Waals surface area contributed by atoms with E-state index in [-0.39, 0.29) is 0 Å². The van der Waals surface area contributed by atoms with Crippen molar-refractivity contribution in [2.45, 2.75) is 26.1 Å². The number of halogens is 1.